The van der Waals surface area contributed by atoms with E-state index in [0.29, 0.717) is 42.2 Å². The van der Waals surface area contributed by atoms with Crippen molar-refractivity contribution in [2.75, 3.05) is 40.9 Å². The highest BCUT2D eigenvalue weighted by Crippen LogP contribution is 2.42. The normalized spacial score (nSPS) is 17.6. The van der Waals surface area contributed by atoms with Crippen molar-refractivity contribution >= 4 is 17.4 Å². The minimum atomic E-state index is -0.724. The summed E-state index contributed by atoms with van der Waals surface area (Å²) in [5, 5.41) is 11.1. The molecule has 0 aromatic heterocycles. The number of benzene rings is 2. The Hall–Kier alpha value is -3.32. The summed E-state index contributed by atoms with van der Waals surface area (Å²) >= 11 is 0. The van der Waals surface area contributed by atoms with Crippen LogP contribution in [0.1, 0.15) is 36.1 Å². The fourth-order valence-electron chi connectivity index (χ4n) is 4.01. The minimum absolute atomic E-state index is 0.0833. The van der Waals surface area contributed by atoms with E-state index in [0.717, 1.165) is 12.1 Å². The zero-order valence-corrected chi connectivity index (χ0v) is 19.9. The van der Waals surface area contributed by atoms with Crippen molar-refractivity contribution in [2.45, 2.75) is 26.3 Å². The summed E-state index contributed by atoms with van der Waals surface area (Å²) in [4.78, 5) is 29.7. The molecule has 1 saturated heterocycles. The van der Waals surface area contributed by atoms with Crippen LogP contribution in [0, 0.1) is 6.92 Å². The van der Waals surface area contributed by atoms with Crippen LogP contribution < -0.4 is 9.47 Å². The first kappa shape index (κ1) is 24.3. The van der Waals surface area contributed by atoms with E-state index in [1.807, 2.05) is 51.0 Å². The van der Waals surface area contributed by atoms with Gasteiger partial charge in [0.25, 0.3) is 11.7 Å². The fourth-order valence-corrected chi connectivity index (χ4v) is 4.01. The quantitative estimate of drug-likeness (QED) is 0.354. The molecule has 1 unspecified atom stereocenters. The second kappa shape index (κ2) is 10.5. The van der Waals surface area contributed by atoms with Crippen LogP contribution in [0.25, 0.3) is 5.76 Å². The Morgan fingerprint density at radius 3 is 2.39 bits per heavy atom. The fraction of sp³-hybridized carbons (Fsp3) is 0.385. The Morgan fingerprint density at radius 2 is 1.79 bits per heavy atom. The maximum atomic E-state index is 13.1. The Balaban J connectivity index is 2.12. The maximum absolute atomic E-state index is 13.1. The molecule has 0 bridgehead atoms. The molecule has 0 radical (unpaired) electrons. The molecule has 33 heavy (non-hydrogen) atoms. The van der Waals surface area contributed by atoms with Gasteiger partial charge in [0.1, 0.15) is 5.76 Å². The molecule has 1 fully saturated rings. The summed E-state index contributed by atoms with van der Waals surface area (Å²) in [7, 11) is 5.46. The predicted octanol–water partition coefficient (Wildman–Crippen LogP) is 3.78. The van der Waals surface area contributed by atoms with Crippen LogP contribution in [0.15, 0.2) is 48.0 Å². The third-order valence-electron chi connectivity index (χ3n) is 5.67. The standard InChI is InChI=1S/C26H32N2O5/c1-6-33-20-13-12-19(16-21(20)32-5)23-22(24(29)18-10-8-17(2)9-11-18)25(30)26(31)28(23)15-7-14-27(3)4/h8-13,16,23,29H,6-7,14-15H2,1-5H3. The maximum Gasteiger partial charge on any atom is 0.295 e. The van der Waals surface area contributed by atoms with Gasteiger partial charge in [-0.15, -0.1) is 0 Å². The number of rotatable bonds is 9. The van der Waals surface area contributed by atoms with Crippen molar-refractivity contribution in [1.82, 2.24) is 9.80 Å². The number of hydrogen-bond donors (Lipinski definition) is 1. The number of hydrogen-bond acceptors (Lipinski definition) is 6. The lowest BCUT2D eigenvalue weighted by Gasteiger charge is -2.26. The highest BCUT2D eigenvalue weighted by molar-refractivity contribution is 6.46. The Morgan fingerprint density at radius 1 is 1.09 bits per heavy atom. The van der Waals surface area contributed by atoms with Crippen LogP contribution in [-0.2, 0) is 9.59 Å². The number of aliphatic hydroxyl groups excluding tert-OH is 1. The summed E-state index contributed by atoms with van der Waals surface area (Å²) in [5.74, 6) is -0.396. The van der Waals surface area contributed by atoms with Crippen LogP contribution in [0.3, 0.4) is 0 Å². The van der Waals surface area contributed by atoms with Gasteiger partial charge in [0.05, 0.1) is 25.3 Å². The van der Waals surface area contributed by atoms with E-state index in [1.54, 1.807) is 36.3 Å². The van der Waals surface area contributed by atoms with Gasteiger partial charge in [-0.05, 0) is 58.6 Å². The van der Waals surface area contributed by atoms with E-state index in [2.05, 4.69) is 0 Å². The predicted molar refractivity (Wildman–Crippen MR) is 128 cm³/mol. The molecule has 1 aliphatic heterocycles. The molecule has 1 atom stereocenters. The summed E-state index contributed by atoms with van der Waals surface area (Å²) in [6, 6.07) is 11.8. The molecular formula is C26H32N2O5. The van der Waals surface area contributed by atoms with Crippen molar-refractivity contribution in [3.05, 3.63) is 64.7 Å². The molecule has 3 rings (SSSR count). The largest absolute Gasteiger partial charge is 0.507 e. The van der Waals surface area contributed by atoms with Gasteiger partial charge < -0.3 is 24.4 Å². The van der Waals surface area contributed by atoms with Crippen LogP contribution >= 0.6 is 0 Å². The topological polar surface area (TPSA) is 79.3 Å². The average molecular weight is 453 g/mol. The first-order chi connectivity index (χ1) is 15.8. The van der Waals surface area contributed by atoms with Crippen molar-refractivity contribution in [2.24, 2.45) is 0 Å². The number of aryl methyl sites for hydroxylation is 1. The molecule has 176 valence electrons. The van der Waals surface area contributed by atoms with Gasteiger partial charge in [0.15, 0.2) is 11.5 Å². The first-order valence-corrected chi connectivity index (χ1v) is 11.1. The van der Waals surface area contributed by atoms with Crippen LogP contribution in [0.4, 0.5) is 0 Å². The monoisotopic (exact) mass is 452 g/mol. The molecule has 7 heteroatoms. The summed E-state index contributed by atoms with van der Waals surface area (Å²) < 4.78 is 11.1. The number of nitrogens with zero attached hydrogens (tertiary/aromatic N) is 2. The Bertz CT molecular complexity index is 1040. The number of carbonyl (C=O) groups excluding carboxylic acids is 2. The van der Waals surface area contributed by atoms with Gasteiger partial charge in [-0.3, -0.25) is 9.59 Å². The van der Waals surface area contributed by atoms with Crippen molar-refractivity contribution in [1.29, 1.82) is 0 Å². The molecule has 1 amide bonds. The highest BCUT2D eigenvalue weighted by Gasteiger charge is 2.46. The third kappa shape index (κ3) is 5.20. The van der Waals surface area contributed by atoms with Gasteiger partial charge >= 0.3 is 0 Å². The summed E-state index contributed by atoms with van der Waals surface area (Å²) in [6.07, 6.45) is 0.690. The number of carbonyl (C=O) groups is 2. The second-order valence-corrected chi connectivity index (χ2v) is 8.36. The van der Waals surface area contributed by atoms with E-state index in [1.165, 1.54) is 0 Å². The van der Waals surface area contributed by atoms with E-state index in [-0.39, 0.29) is 11.3 Å². The van der Waals surface area contributed by atoms with Gasteiger partial charge in [0.2, 0.25) is 0 Å². The number of aliphatic hydroxyl groups is 1. The lowest BCUT2D eigenvalue weighted by atomic mass is 9.94. The number of amides is 1. The minimum Gasteiger partial charge on any atom is -0.507 e. The molecule has 0 aliphatic carbocycles. The lowest BCUT2D eigenvalue weighted by Crippen LogP contribution is -2.32. The van der Waals surface area contributed by atoms with Crippen molar-refractivity contribution in [3.8, 4) is 11.5 Å². The molecule has 7 nitrogen and oxygen atoms in total. The van der Waals surface area contributed by atoms with E-state index in [4.69, 9.17) is 9.47 Å². The molecule has 1 N–H and O–H groups in total. The molecule has 0 spiro atoms. The zero-order chi connectivity index (χ0) is 24.1. The number of Topliss-reactive ketones (excluding diaryl/α,β-unsaturated/α-hetero) is 1. The van der Waals surface area contributed by atoms with Crippen LogP contribution in [-0.4, -0.2) is 67.5 Å². The van der Waals surface area contributed by atoms with Gasteiger partial charge in [0, 0.05) is 12.1 Å². The molecule has 0 saturated carbocycles. The molecule has 1 aliphatic rings. The molecule has 2 aromatic rings. The Kier molecular flexibility index (Phi) is 7.76. The van der Waals surface area contributed by atoms with E-state index >= 15 is 0 Å². The number of ether oxygens (including phenoxy) is 2. The molecule has 2 aromatic carbocycles. The second-order valence-electron chi connectivity index (χ2n) is 8.36. The van der Waals surface area contributed by atoms with Crippen LogP contribution in [0.5, 0.6) is 11.5 Å². The number of methoxy groups -OCH3 is 1. The van der Waals surface area contributed by atoms with Crippen molar-refractivity contribution in [3.63, 3.8) is 0 Å². The average Bonchev–Trinajstić information content (AvgIpc) is 3.04. The lowest BCUT2D eigenvalue weighted by molar-refractivity contribution is -0.139. The summed E-state index contributed by atoms with van der Waals surface area (Å²) in [5.41, 5.74) is 2.28. The van der Waals surface area contributed by atoms with Gasteiger partial charge in [-0.25, -0.2) is 0 Å². The van der Waals surface area contributed by atoms with Crippen LogP contribution in [0.2, 0.25) is 0 Å². The van der Waals surface area contributed by atoms with E-state index < -0.39 is 17.7 Å². The number of ketones is 1. The molecular weight excluding hydrogens is 420 g/mol. The van der Waals surface area contributed by atoms with Gasteiger partial charge in [-0.1, -0.05) is 35.9 Å². The van der Waals surface area contributed by atoms with Crippen molar-refractivity contribution < 1.29 is 24.2 Å². The van der Waals surface area contributed by atoms with E-state index in [9.17, 15) is 14.7 Å². The molecule has 1 heterocycles. The third-order valence-corrected chi connectivity index (χ3v) is 5.67. The Labute approximate surface area is 195 Å². The first-order valence-electron chi connectivity index (χ1n) is 11.1. The number of likely N-dealkylation sites (tertiary alicyclic amines) is 1. The SMILES string of the molecule is CCOc1ccc(C2C(=C(O)c3ccc(C)cc3)C(=O)C(=O)N2CCCN(C)C)cc1OC. The zero-order valence-electron chi connectivity index (χ0n) is 19.9. The summed E-state index contributed by atoms with van der Waals surface area (Å²) in [6.45, 7) is 5.45. The van der Waals surface area contributed by atoms with Gasteiger partial charge in [-0.2, -0.15) is 0 Å². The highest BCUT2D eigenvalue weighted by atomic mass is 16.5. The smallest absolute Gasteiger partial charge is 0.295 e.